The Kier molecular flexibility index (Phi) is 4.36. The van der Waals surface area contributed by atoms with E-state index in [1.165, 1.54) is 12.8 Å². The number of nitrogens with one attached hydrogen (secondary N) is 1. The largest absolute Gasteiger partial charge is 0.384 e. The molecule has 1 aliphatic rings. The van der Waals surface area contributed by atoms with Crippen molar-refractivity contribution in [2.45, 2.75) is 19.3 Å². The fraction of sp³-hybridized carbons (Fsp3) is 0.636. The highest BCUT2D eigenvalue weighted by molar-refractivity contribution is 6.29. The molecular weight excluding hydrogens is 226 g/mol. The zero-order valence-corrected chi connectivity index (χ0v) is 9.91. The summed E-state index contributed by atoms with van der Waals surface area (Å²) in [5.41, 5.74) is 0.905. The van der Waals surface area contributed by atoms with Crippen molar-refractivity contribution in [1.29, 1.82) is 0 Å². The molecule has 5 heteroatoms. The van der Waals surface area contributed by atoms with Crippen LogP contribution in [0.15, 0.2) is 12.3 Å². The molecule has 88 valence electrons. The lowest BCUT2D eigenvalue weighted by Crippen LogP contribution is -2.07. The third-order valence-corrected chi connectivity index (χ3v) is 2.65. The molecule has 0 amide bonds. The van der Waals surface area contributed by atoms with Crippen molar-refractivity contribution in [3.05, 3.63) is 17.4 Å². The van der Waals surface area contributed by atoms with E-state index >= 15 is 0 Å². The maximum atomic E-state index is 5.71. The molecule has 1 aromatic rings. The minimum atomic E-state index is 0.412. The predicted molar refractivity (Wildman–Crippen MR) is 63.7 cm³/mol. The molecule has 1 heterocycles. The van der Waals surface area contributed by atoms with Gasteiger partial charge in [-0.3, -0.25) is 0 Å². The van der Waals surface area contributed by atoms with Gasteiger partial charge in [0.25, 0.3) is 0 Å². The Morgan fingerprint density at radius 3 is 3.12 bits per heavy atom. The van der Waals surface area contributed by atoms with Crippen LogP contribution in [-0.2, 0) is 4.74 Å². The highest BCUT2D eigenvalue weighted by Gasteiger charge is 2.20. The van der Waals surface area contributed by atoms with E-state index in [1.54, 1.807) is 12.3 Å². The fourth-order valence-corrected chi connectivity index (χ4v) is 1.54. The monoisotopic (exact) mass is 241 g/mol. The number of ether oxygens (including phenoxy) is 1. The van der Waals surface area contributed by atoms with E-state index in [9.17, 15) is 0 Å². The second-order valence-electron chi connectivity index (χ2n) is 4.07. The molecule has 1 aromatic heterocycles. The topological polar surface area (TPSA) is 47.0 Å². The average molecular weight is 242 g/mol. The lowest BCUT2D eigenvalue weighted by molar-refractivity contribution is 0.124. The summed E-state index contributed by atoms with van der Waals surface area (Å²) in [6.45, 7) is 2.62. The van der Waals surface area contributed by atoms with Crippen LogP contribution in [0.3, 0.4) is 0 Å². The van der Waals surface area contributed by atoms with E-state index in [4.69, 9.17) is 16.3 Å². The first-order valence-electron chi connectivity index (χ1n) is 5.64. The van der Waals surface area contributed by atoms with Crippen molar-refractivity contribution >= 4 is 17.3 Å². The quantitative estimate of drug-likeness (QED) is 0.745. The summed E-state index contributed by atoms with van der Waals surface area (Å²) in [7, 11) is 0. The fourth-order valence-electron chi connectivity index (χ4n) is 1.38. The third-order valence-electron chi connectivity index (χ3n) is 2.47. The van der Waals surface area contributed by atoms with E-state index in [1.807, 2.05) is 0 Å². The lowest BCUT2D eigenvalue weighted by Gasteiger charge is -2.06. The second kappa shape index (κ2) is 6.01. The van der Waals surface area contributed by atoms with Crippen molar-refractivity contribution < 1.29 is 4.74 Å². The smallest absolute Gasteiger partial charge is 0.153 e. The molecule has 0 radical (unpaired) electrons. The van der Waals surface area contributed by atoms with Gasteiger partial charge in [-0.1, -0.05) is 11.6 Å². The first-order valence-corrected chi connectivity index (χ1v) is 6.02. The van der Waals surface area contributed by atoms with Gasteiger partial charge in [-0.15, -0.1) is 5.10 Å². The Morgan fingerprint density at radius 1 is 1.50 bits per heavy atom. The van der Waals surface area contributed by atoms with E-state index in [2.05, 4.69) is 15.5 Å². The number of hydrogen-bond acceptors (Lipinski definition) is 4. The highest BCUT2D eigenvalue weighted by atomic mass is 35.5. The molecule has 0 unspecified atom stereocenters. The Bertz CT molecular complexity index is 331. The molecule has 4 nitrogen and oxygen atoms in total. The molecule has 0 saturated heterocycles. The van der Waals surface area contributed by atoms with Crippen molar-refractivity contribution in [3.8, 4) is 0 Å². The van der Waals surface area contributed by atoms with Gasteiger partial charge in [0.1, 0.15) is 0 Å². The van der Waals surface area contributed by atoms with E-state index < -0.39 is 0 Å². The van der Waals surface area contributed by atoms with Crippen molar-refractivity contribution in [2.24, 2.45) is 5.92 Å². The van der Waals surface area contributed by atoms with E-state index in [0.717, 1.165) is 37.8 Å². The summed E-state index contributed by atoms with van der Waals surface area (Å²) in [6, 6.07) is 1.76. The van der Waals surface area contributed by atoms with Crippen molar-refractivity contribution in [1.82, 2.24) is 10.2 Å². The van der Waals surface area contributed by atoms with Gasteiger partial charge in [-0.2, -0.15) is 5.10 Å². The Morgan fingerprint density at radius 2 is 2.38 bits per heavy atom. The molecular formula is C11H16ClN3O. The van der Waals surface area contributed by atoms with Gasteiger partial charge in [0, 0.05) is 25.8 Å². The van der Waals surface area contributed by atoms with Crippen LogP contribution in [0.25, 0.3) is 0 Å². The molecule has 2 rings (SSSR count). The van der Waals surface area contributed by atoms with Crippen LogP contribution in [0, 0.1) is 5.92 Å². The molecule has 1 N–H and O–H groups in total. The van der Waals surface area contributed by atoms with Crippen LogP contribution in [0.5, 0.6) is 0 Å². The molecule has 16 heavy (non-hydrogen) atoms. The summed E-state index contributed by atoms with van der Waals surface area (Å²) in [5, 5.41) is 11.1. The summed E-state index contributed by atoms with van der Waals surface area (Å²) in [4.78, 5) is 0. The van der Waals surface area contributed by atoms with Crippen LogP contribution in [0.2, 0.25) is 5.15 Å². The van der Waals surface area contributed by atoms with Crippen LogP contribution < -0.4 is 5.32 Å². The zero-order valence-electron chi connectivity index (χ0n) is 9.16. The van der Waals surface area contributed by atoms with Crippen molar-refractivity contribution in [3.63, 3.8) is 0 Å². The normalized spacial score (nSPS) is 15.1. The van der Waals surface area contributed by atoms with Gasteiger partial charge in [0.2, 0.25) is 0 Å². The van der Waals surface area contributed by atoms with Gasteiger partial charge in [0.05, 0.1) is 11.9 Å². The van der Waals surface area contributed by atoms with Crippen molar-refractivity contribution in [2.75, 3.05) is 25.1 Å². The van der Waals surface area contributed by atoms with Gasteiger partial charge < -0.3 is 10.1 Å². The van der Waals surface area contributed by atoms with Gasteiger partial charge in [-0.25, -0.2) is 0 Å². The van der Waals surface area contributed by atoms with Gasteiger partial charge in [-0.05, 0) is 25.2 Å². The number of hydrogen-bond donors (Lipinski definition) is 1. The SMILES string of the molecule is Clc1cc(NCCCOCC2CC2)cnn1. The molecule has 0 spiro atoms. The Hall–Kier alpha value is -0.870. The Labute approximate surface area is 100 Å². The molecule has 0 aliphatic heterocycles. The maximum Gasteiger partial charge on any atom is 0.153 e. The minimum absolute atomic E-state index is 0.412. The summed E-state index contributed by atoms with van der Waals surface area (Å²) >= 11 is 5.71. The number of rotatable bonds is 7. The van der Waals surface area contributed by atoms with Crippen LogP contribution in [-0.4, -0.2) is 30.0 Å². The maximum absolute atomic E-state index is 5.71. The lowest BCUT2D eigenvalue weighted by atomic mass is 10.4. The second-order valence-corrected chi connectivity index (χ2v) is 4.45. The number of halogens is 1. The van der Waals surface area contributed by atoms with Crippen LogP contribution in [0.4, 0.5) is 5.69 Å². The highest BCUT2D eigenvalue weighted by Crippen LogP contribution is 2.28. The molecule has 1 aliphatic carbocycles. The first-order chi connectivity index (χ1) is 7.84. The van der Waals surface area contributed by atoms with E-state index in [0.29, 0.717) is 5.15 Å². The summed E-state index contributed by atoms with van der Waals surface area (Å²) < 4.78 is 5.53. The summed E-state index contributed by atoms with van der Waals surface area (Å²) in [6.07, 6.45) is 5.35. The number of nitrogens with zero attached hydrogens (tertiary/aromatic N) is 2. The Balaban J connectivity index is 1.53. The standard InChI is InChI=1S/C11H16ClN3O/c12-11-6-10(7-14-15-11)13-4-1-5-16-8-9-2-3-9/h6-7,9H,1-5,8H2,(H,13,15). The van der Waals surface area contributed by atoms with E-state index in [-0.39, 0.29) is 0 Å². The number of anilines is 1. The zero-order chi connectivity index (χ0) is 11.2. The van der Waals surface area contributed by atoms with Gasteiger partial charge in [0.15, 0.2) is 5.15 Å². The third kappa shape index (κ3) is 4.33. The minimum Gasteiger partial charge on any atom is -0.384 e. The molecule has 1 fully saturated rings. The molecule has 0 atom stereocenters. The molecule has 1 saturated carbocycles. The van der Waals surface area contributed by atoms with Gasteiger partial charge >= 0.3 is 0 Å². The first kappa shape index (κ1) is 11.6. The molecule has 0 bridgehead atoms. The van der Waals surface area contributed by atoms with Crippen LogP contribution in [0.1, 0.15) is 19.3 Å². The molecule has 0 aromatic carbocycles. The predicted octanol–water partition coefficient (Wildman–Crippen LogP) is 2.36. The average Bonchev–Trinajstić information content (AvgIpc) is 3.07. The number of aromatic nitrogens is 2. The van der Waals surface area contributed by atoms with Crippen LogP contribution >= 0.6 is 11.6 Å². The summed E-state index contributed by atoms with van der Waals surface area (Å²) in [5.74, 6) is 0.844.